The Labute approximate surface area is 119 Å². The minimum Gasteiger partial charge on any atom is -0.465 e. The van der Waals surface area contributed by atoms with E-state index in [-0.39, 0.29) is 6.10 Å². The first-order valence-electron chi connectivity index (χ1n) is 6.83. The number of anilines is 2. The molecule has 5 nitrogen and oxygen atoms in total. The van der Waals surface area contributed by atoms with Crippen molar-refractivity contribution in [3.8, 4) is 0 Å². The van der Waals surface area contributed by atoms with E-state index >= 15 is 0 Å². The number of nitrogens with zero attached hydrogens (tertiary/aromatic N) is 1. The summed E-state index contributed by atoms with van der Waals surface area (Å²) < 4.78 is 10.3. The quantitative estimate of drug-likeness (QED) is 0.676. The van der Waals surface area contributed by atoms with E-state index in [2.05, 4.69) is 11.8 Å². The summed E-state index contributed by atoms with van der Waals surface area (Å²) >= 11 is 0. The van der Waals surface area contributed by atoms with Crippen molar-refractivity contribution in [2.45, 2.75) is 19.4 Å². The smallest absolute Gasteiger partial charge is 0.340 e. The summed E-state index contributed by atoms with van der Waals surface area (Å²) in [6.45, 7) is 3.89. The molecule has 2 atom stereocenters. The van der Waals surface area contributed by atoms with Crippen LogP contribution in [0.2, 0.25) is 0 Å². The van der Waals surface area contributed by atoms with Gasteiger partial charge in [-0.1, -0.05) is 13.0 Å². The zero-order valence-electron chi connectivity index (χ0n) is 12.3. The molecule has 2 N–H and O–H groups in total. The Kier molecular flexibility index (Phi) is 4.49. The van der Waals surface area contributed by atoms with E-state index in [9.17, 15) is 4.79 Å². The zero-order valence-corrected chi connectivity index (χ0v) is 12.3. The maximum Gasteiger partial charge on any atom is 0.340 e. The first-order valence-corrected chi connectivity index (χ1v) is 6.83. The lowest BCUT2D eigenvalue weighted by Crippen LogP contribution is -2.44. The molecular formula is C15H22N2O3. The maximum atomic E-state index is 11.7. The Bertz CT molecular complexity index is 490. The average molecular weight is 278 g/mol. The van der Waals surface area contributed by atoms with Gasteiger partial charge in [0.1, 0.15) is 0 Å². The Morgan fingerprint density at radius 2 is 2.15 bits per heavy atom. The van der Waals surface area contributed by atoms with Crippen LogP contribution in [0.15, 0.2) is 18.2 Å². The molecule has 1 aromatic rings. The van der Waals surface area contributed by atoms with Gasteiger partial charge in [-0.2, -0.15) is 0 Å². The van der Waals surface area contributed by atoms with Gasteiger partial charge >= 0.3 is 5.97 Å². The Morgan fingerprint density at radius 1 is 1.40 bits per heavy atom. The van der Waals surface area contributed by atoms with Crippen LogP contribution in [-0.2, 0) is 9.47 Å². The number of carbonyl (C=O) groups is 1. The van der Waals surface area contributed by atoms with Crippen molar-refractivity contribution in [1.82, 2.24) is 0 Å². The summed E-state index contributed by atoms with van der Waals surface area (Å²) in [5.74, 6) is 0.124. The molecule has 0 radical (unpaired) electrons. The van der Waals surface area contributed by atoms with Crippen molar-refractivity contribution in [2.24, 2.45) is 5.92 Å². The lowest BCUT2D eigenvalue weighted by Gasteiger charge is -2.38. The highest BCUT2D eigenvalue weighted by Gasteiger charge is 2.27. The number of piperidine rings is 1. The number of methoxy groups -OCH3 is 2. The van der Waals surface area contributed by atoms with Gasteiger partial charge in [0.05, 0.1) is 30.2 Å². The van der Waals surface area contributed by atoms with Gasteiger partial charge in [0.15, 0.2) is 0 Å². The fourth-order valence-corrected chi connectivity index (χ4v) is 2.68. The molecule has 2 unspecified atom stereocenters. The Hall–Kier alpha value is -1.75. The number of ether oxygens (including phenoxy) is 2. The lowest BCUT2D eigenvalue weighted by molar-refractivity contribution is 0.0498. The van der Waals surface area contributed by atoms with Crippen molar-refractivity contribution in [1.29, 1.82) is 0 Å². The van der Waals surface area contributed by atoms with Crippen LogP contribution in [0.5, 0.6) is 0 Å². The summed E-state index contributed by atoms with van der Waals surface area (Å²) in [4.78, 5) is 13.9. The second-order valence-corrected chi connectivity index (χ2v) is 5.22. The number of benzene rings is 1. The highest BCUT2D eigenvalue weighted by atomic mass is 16.5. The summed E-state index contributed by atoms with van der Waals surface area (Å²) in [5, 5.41) is 0. The molecule has 1 saturated heterocycles. The third-order valence-electron chi connectivity index (χ3n) is 4.02. The monoisotopic (exact) mass is 278 g/mol. The van der Waals surface area contributed by atoms with Gasteiger partial charge in [-0.3, -0.25) is 0 Å². The van der Waals surface area contributed by atoms with Crippen LogP contribution >= 0.6 is 0 Å². The largest absolute Gasteiger partial charge is 0.465 e. The minimum absolute atomic E-state index is 0.185. The summed E-state index contributed by atoms with van der Waals surface area (Å²) in [7, 11) is 3.09. The lowest BCUT2D eigenvalue weighted by atomic mass is 9.95. The summed E-state index contributed by atoms with van der Waals surface area (Å²) in [6.07, 6.45) is 1.23. The van der Waals surface area contributed by atoms with Crippen molar-refractivity contribution < 1.29 is 14.3 Å². The highest BCUT2D eigenvalue weighted by Crippen LogP contribution is 2.31. The van der Waals surface area contributed by atoms with E-state index in [0.29, 0.717) is 17.2 Å². The molecule has 0 spiro atoms. The fourth-order valence-electron chi connectivity index (χ4n) is 2.68. The fraction of sp³-hybridized carbons (Fsp3) is 0.533. The first-order chi connectivity index (χ1) is 9.58. The molecule has 1 aliphatic rings. The van der Waals surface area contributed by atoms with E-state index in [4.69, 9.17) is 15.2 Å². The molecule has 1 fully saturated rings. The number of carbonyl (C=O) groups excluding carboxylic acids is 1. The van der Waals surface area contributed by atoms with Crippen LogP contribution in [-0.4, -0.2) is 39.4 Å². The predicted molar refractivity (Wildman–Crippen MR) is 79.0 cm³/mol. The molecule has 0 saturated carbocycles. The van der Waals surface area contributed by atoms with Crippen molar-refractivity contribution in [3.05, 3.63) is 23.8 Å². The second-order valence-electron chi connectivity index (χ2n) is 5.22. The standard InChI is InChI=1S/C15H22N2O3/c1-10-7-8-17(9-13(10)19-2)12-6-4-5-11(14(12)16)15(18)20-3/h4-6,10,13H,7-9,16H2,1-3H3. The van der Waals surface area contributed by atoms with Gasteiger partial charge in [0, 0.05) is 20.2 Å². The minimum atomic E-state index is -0.405. The predicted octanol–water partition coefficient (Wildman–Crippen LogP) is 1.92. The van der Waals surface area contributed by atoms with Gasteiger partial charge in [-0.15, -0.1) is 0 Å². The number of nitrogens with two attached hydrogens (primary N) is 1. The molecule has 1 aliphatic heterocycles. The van der Waals surface area contributed by atoms with Gasteiger partial charge < -0.3 is 20.1 Å². The van der Waals surface area contributed by atoms with Crippen LogP contribution in [0, 0.1) is 5.92 Å². The van der Waals surface area contributed by atoms with Crippen molar-refractivity contribution >= 4 is 17.3 Å². The number of hydrogen-bond donors (Lipinski definition) is 1. The maximum absolute atomic E-state index is 11.7. The van der Waals surface area contributed by atoms with Crippen LogP contribution in [0.3, 0.4) is 0 Å². The van der Waals surface area contributed by atoms with E-state index in [0.717, 1.165) is 25.2 Å². The van der Waals surface area contributed by atoms with E-state index in [1.807, 2.05) is 12.1 Å². The Balaban J connectivity index is 2.27. The number of para-hydroxylation sites is 1. The van der Waals surface area contributed by atoms with Crippen LogP contribution in [0.4, 0.5) is 11.4 Å². The number of rotatable bonds is 3. The second kappa shape index (κ2) is 6.13. The van der Waals surface area contributed by atoms with Gasteiger partial charge in [-0.25, -0.2) is 4.79 Å². The molecule has 2 rings (SSSR count). The summed E-state index contributed by atoms with van der Waals surface area (Å²) in [5.41, 5.74) is 7.90. The van der Waals surface area contributed by atoms with Crippen LogP contribution in [0.1, 0.15) is 23.7 Å². The molecule has 1 heterocycles. The van der Waals surface area contributed by atoms with Gasteiger partial charge in [0.2, 0.25) is 0 Å². The van der Waals surface area contributed by atoms with Gasteiger partial charge in [0.25, 0.3) is 0 Å². The zero-order chi connectivity index (χ0) is 14.7. The van der Waals surface area contributed by atoms with Crippen molar-refractivity contribution in [3.63, 3.8) is 0 Å². The molecule has 0 amide bonds. The van der Waals surface area contributed by atoms with E-state index in [1.54, 1.807) is 13.2 Å². The molecule has 0 aliphatic carbocycles. The molecule has 0 aromatic heterocycles. The Morgan fingerprint density at radius 3 is 2.80 bits per heavy atom. The number of nitrogen functional groups attached to an aromatic ring is 1. The van der Waals surface area contributed by atoms with Crippen LogP contribution < -0.4 is 10.6 Å². The average Bonchev–Trinajstić information content (AvgIpc) is 2.47. The van der Waals surface area contributed by atoms with E-state index in [1.165, 1.54) is 7.11 Å². The molecule has 0 bridgehead atoms. The third-order valence-corrected chi connectivity index (χ3v) is 4.02. The number of hydrogen-bond acceptors (Lipinski definition) is 5. The van der Waals surface area contributed by atoms with Gasteiger partial charge in [-0.05, 0) is 24.5 Å². The molecular weight excluding hydrogens is 256 g/mol. The molecule has 110 valence electrons. The normalized spacial score (nSPS) is 22.6. The van der Waals surface area contributed by atoms with Crippen LogP contribution in [0.25, 0.3) is 0 Å². The molecule has 1 aromatic carbocycles. The molecule has 20 heavy (non-hydrogen) atoms. The highest BCUT2D eigenvalue weighted by molar-refractivity contribution is 5.98. The van der Waals surface area contributed by atoms with Crippen molar-refractivity contribution in [2.75, 3.05) is 37.9 Å². The SMILES string of the molecule is COC(=O)c1cccc(N2CCC(C)C(OC)C2)c1N. The van der Waals surface area contributed by atoms with E-state index < -0.39 is 5.97 Å². The number of esters is 1. The topological polar surface area (TPSA) is 64.8 Å². The molecule has 5 heteroatoms. The summed E-state index contributed by atoms with van der Waals surface area (Å²) in [6, 6.07) is 5.45. The third kappa shape index (κ3) is 2.72. The first kappa shape index (κ1) is 14.7.